The molecular formula is C9H13ClN4O3S. The molecule has 0 saturated heterocycles. The Balaban J connectivity index is 2.96. The van der Waals surface area contributed by atoms with Crippen LogP contribution in [0.1, 0.15) is 6.92 Å². The van der Waals surface area contributed by atoms with Gasteiger partial charge in [0, 0.05) is 12.7 Å². The van der Waals surface area contributed by atoms with Gasteiger partial charge in [0.15, 0.2) is 0 Å². The lowest BCUT2D eigenvalue weighted by Gasteiger charge is -2.08. The summed E-state index contributed by atoms with van der Waals surface area (Å²) in [6.45, 7) is 1.99. The fraction of sp³-hybridized carbons (Fsp3) is 0.333. The number of amides is 1. The number of primary amides is 1. The molecule has 9 heteroatoms. The lowest BCUT2D eigenvalue weighted by atomic mass is 10.4. The van der Waals surface area contributed by atoms with Crippen LogP contribution in [0.4, 0.5) is 5.82 Å². The number of rotatable bonds is 6. The molecule has 1 amide bonds. The largest absolute Gasteiger partial charge is 0.369 e. The molecule has 0 radical (unpaired) electrons. The number of pyridine rings is 1. The third-order valence-electron chi connectivity index (χ3n) is 1.91. The van der Waals surface area contributed by atoms with Crippen molar-refractivity contribution >= 4 is 33.3 Å². The van der Waals surface area contributed by atoms with Crippen LogP contribution in [0.3, 0.4) is 0 Å². The van der Waals surface area contributed by atoms with E-state index in [0.29, 0.717) is 12.4 Å². The quantitative estimate of drug-likeness (QED) is 0.679. The van der Waals surface area contributed by atoms with E-state index in [1.807, 2.05) is 11.6 Å². The number of nitrogens with zero attached hydrogens (tertiary/aromatic N) is 1. The van der Waals surface area contributed by atoms with Crippen LogP contribution in [-0.2, 0) is 14.8 Å². The van der Waals surface area contributed by atoms with E-state index in [2.05, 4.69) is 10.3 Å². The minimum Gasteiger partial charge on any atom is -0.369 e. The monoisotopic (exact) mass is 292 g/mol. The standard InChI is InChI=1S/C9H13ClN4O3S/c1-2-12-9-7(10)3-6(4-13-9)18(16,17)14-5-8(11)15/h3-4,14H,2,5H2,1H3,(H2,11,15)(H,12,13). The molecule has 0 aliphatic carbocycles. The van der Waals surface area contributed by atoms with Crippen molar-refractivity contribution in [1.29, 1.82) is 0 Å². The van der Waals surface area contributed by atoms with E-state index < -0.39 is 22.5 Å². The van der Waals surface area contributed by atoms with E-state index in [1.165, 1.54) is 6.07 Å². The molecule has 0 aliphatic rings. The lowest BCUT2D eigenvalue weighted by molar-refractivity contribution is -0.116. The first-order chi connectivity index (χ1) is 8.36. The fourth-order valence-electron chi connectivity index (χ4n) is 1.11. The number of sulfonamides is 1. The number of carbonyl (C=O) groups is 1. The van der Waals surface area contributed by atoms with Gasteiger partial charge in [-0.25, -0.2) is 18.1 Å². The highest BCUT2D eigenvalue weighted by molar-refractivity contribution is 7.89. The summed E-state index contributed by atoms with van der Waals surface area (Å²) in [6.07, 6.45) is 1.15. The first-order valence-electron chi connectivity index (χ1n) is 5.04. The van der Waals surface area contributed by atoms with Crippen molar-refractivity contribution < 1.29 is 13.2 Å². The Labute approximate surface area is 110 Å². The van der Waals surface area contributed by atoms with E-state index in [4.69, 9.17) is 17.3 Å². The van der Waals surface area contributed by atoms with E-state index in [-0.39, 0.29) is 9.92 Å². The van der Waals surface area contributed by atoms with Crippen LogP contribution in [-0.4, -0.2) is 32.4 Å². The Kier molecular flexibility index (Phi) is 4.88. The van der Waals surface area contributed by atoms with Crippen molar-refractivity contribution in [2.45, 2.75) is 11.8 Å². The van der Waals surface area contributed by atoms with Gasteiger partial charge in [-0.15, -0.1) is 0 Å². The summed E-state index contributed by atoms with van der Waals surface area (Å²) in [5, 5.41) is 3.05. The number of hydrogen-bond acceptors (Lipinski definition) is 5. The van der Waals surface area contributed by atoms with Gasteiger partial charge in [0.05, 0.1) is 11.6 Å². The number of carbonyl (C=O) groups excluding carboxylic acids is 1. The molecule has 0 unspecified atom stereocenters. The first kappa shape index (κ1) is 14.7. The van der Waals surface area contributed by atoms with Crippen molar-refractivity contribution in [1.82, 2.24) is 9.71 Å². The van der Waals surface area contributed by atoms with E-state index >= 15 is 0 Å². The number of aromatic nitrogens is 1. The normalized spacial score (nSPS) is 11.2. The Morgan fingerprint density at radius 2 is 2.22 bits per heavy atom. The molecule has 100 valence electrons. The van der Waals surface area contributed by atoms with Gasteiger partial charge < -0.3 is 11.1 Å². The summed E-state index contributed by atoms with van der Waals surface area (Å²) in [5.74, 6) is -0.380. The number of nitrogens with two attached hydrogens (primary N) is 1. The fourth-order valence-corrected chi connectivity index (χ4v) is 2.38. The third kappa shape index (κ3) is 3.83. The molecule has 0 aromatic carbocycles. The minimum absolute atomic E-state index is 0.129. The maximum absolute atomic E-state index is 11.7. The van der Waals surface area contributed by atoms with Gasteiger partial charge in [-0.3, -0.25) is 4.79 Å². The van der Waals surface area contributed by atoms with E-state index in [0.717, 1.165) is 6.20 Å². The maximum atomic E-state index is 11.7. The lowest BCUT2D eigenvalue weighted by Crippen LogP contribution is -2.33. The topological polar surface area (TPSA) is 114 Å². The van der Waals surface area contributed by atoms with Gasteiger partial charge in [0.1, 0.15) is 10.7 Å². The number of halogens is 1. The van der Waals surface area contributed by atoms with Crippen molar-refractivity contribution in [2.75, 3.05) is 18.4 Å². The molecule has 1 aromatic heterocycles. The second-order valence-electron chi connectivity index (χ2n) is 3.32. The van der Waals surface area contributed by atoms with Crippen LogP contribution in [0.5, 0.6) is 0 Å². The van der Waals surface area contributed by atoms with Gasteiger partial charge in [-0.2, -0.15) is 0 Å². The van der Waals surface area contributed by atoms with Gasteiger partial charge in [-0.05, 0) is 13.0 Å². The predicted molar refractivity (Wildman–Crippen MR) is 67.8 cm³/mol. The van der Waals surface area contributed by atoms with Crippen molar-refractivity contribution in [2.24, 2.45) is 5.73 Å². The summed E-state index contributed by atoms with van der Waals surface area (Å²) >= 11 is 5.87. The second kappa shape index (κ2) is 5.98. The Morgan fingerprint density at radius 1 is 1.56 bits per heavy atom. The molecule has 1 aromatic rings. The maximum Gasteiger partial charge on any atom is 0.242 e. The first-order valence-corrected chi connectivity index (χ1v) is 6.90. The molecule has 0 fully saturated rings. The number of hydrogen-bond donors (Lipinski definition) is 3. The zero-order valence-corrected chi connectivity index (χ0v) is 11.2. The highest BCUT2D eigenvalue weighted by atomic mass is 35.5. The van der Waals surface area contributed by atoms with Crippen LogP contribution >= 0.6 is 11.6 Å². The highest BCUT2D eigenvalue weighted by Gasteiger charge is 2.16. The Morgan fingerprint density at radius 3 is 2.72 bits per heavy atom. The average Bonchev–Trinajstić information content (AvgIpc) is 2.29. The molecule has 0 atom stereocenters. The van der Waals surface area contributed by atoms with Gasteiger partial charge >= 0.3 is 0 Å². The highest BCUT2D eigenvalue weighted by Crippen LogP contribution is 2.22. The van der Waals surface area contributed by atoms with Crippen molar-refractivity contribution in [3.05, 3.63) is 17.3 Å². The van der Waals surface area contributed by atoms with Crippen LogP contribution in [0, 0.1) is 0 Å². The summed E-state index contributed by atoms with van der Waals surface area (Å²) in [7, 11) is -3.84. The zero-order chi connectivity index (χ0) is 13.8. The van der Waals surface area contributed by atoms with Crippen LogP contribution in [0.25, 0.3) is 0 Å². The molecule has 0 aliphatic heterocycles. The third-order valence-corrected chi connectivity index (χ3v) is 3.56. The number of anilines is 1. The molecule has 1 heterocycles. The van der Waals surface area contributed by atoms with Crippen molar-refractivity contribution in [3.63, 3.8) is 0 Å². The van der Waals surface area contributed by atoms with Crippen LogP contribution in [0.2, 0.25) is 5.02 Å². The minimum atomic E-state index is -3.84. The van der Waals surface area contributed by atoms with Gasteiger partial charge in [0.25, 0.3) is 0 Å². The molecule has 7 nitrogen and oxygen atoms in total. The molecule has 1 rings (SSSR count). The van der Waals surface area contributed by atoms with Crippen molar-refractivity contribution in [3.8, 4) is 0 Å². The summed E-state index contributed by atoms with van der Waals surface area (Å²) in [4.78, 5) is 14.3. The molecule has 0 bridgehead atoms. The average molecular weight is 293 g/mol. The predicted octanol–water partition coefficient (Wildman–Crippen LogP) is -0.0696. The molecule has 0 spiro atoms. The van der Waals surface area contributed by atoms with E-state index in [1.54, 1.807) is 0 Å². The Hall–Kier alpha value is -1.38. The number of nitrogens with one attached hydrogen (secondary N) is 2. The van der Waals surface area contributed by atoms with Gasteiger partial charge in [-0.1, -0.05) is 11.6 Å². The van der Waals surface area contributed by atoms with E-state index in [9.17, 15) is 13.2 Å². The molecule has 4 N–H and O–H groups in total. The SMILES string of the molecule is CCNc1ncc(S(=O)(=O)NCC(N)=O)cc1Cl. The smallest absolute Gasteiger partial charge is 0.242 e. The van der Waals surface area contributed by atoms with Crippen LogP contribution < -0.4 is 15.8 Å². The Bertz CT molecular complexity index is 547. The molecule has 0 saturated carbocycles. The zero-order valence-electron chi connectivity index (χ0n) is 9.60. The second-order valence-corrected chi connectivity index (χ2v) is 5.50. The van der Waals surface area contributed by atoms with Crippen LogP contribution in [0.15, 0.2) is 17.2 Å². The summed E-state index contributed by atoms with van der Waals surface area (Å²) in [6, 6.07) is 1.25. The summed E-state index contributed by atoms with van der Waals surface area (Å²) in [5.41, 5.74) is 4.85. The summed E-state index contributed by atoms with van der Waals surface area (Å²) < 4.78 is 25.5. The van der Waals surface area contributed by atoms with Gasteiger partial charge in [0.2, 0.25) is 15.9 Å². The molecular weight excluding hydrogens is 280 g/mol. The molecule has 18 heavy (non-hydrogen) atoms.